The van der Waals surface area contributed by atoms with E-state index in [1.54, 1.807) is 0 Å². The van der Waals surface area contributed by atoms with Crippen molar-refractivity contribution >= 4 is 12.0 Å². The molecule has 0 aliphatic carbocycles. The van der Waals surface area contributed by atoms with Gasteiger partial charge in [0.05, 0.1) is 0 Å². The van der Waals surface area contributed by atoms with Crippen molar-refractivity contribution in [3.63, 3.8) is 0 Å². The Labute approximate surface area is 118 Å². The number of hydrogen-bond acceptors (Lipinski definition) is 3. The second-order valence-corrected chi connectivity index (χ2v) is 5.04. The van der Waals surface area contributed by atoms with Crippen LogP contribution in [0.15, 0.2) is 54.6 Å². The molecule has 1 aliphatic heterocycles. The van der Waals surface area contributed by atoms with Gasteiger partial charge < -0.3 is 14.8 Å². The molecule has 3 heteroatoms. The third kappa shape index (κ3) is 1.67. The first-order valence-electron chi connectivity index (χ1n) is 6.84. The molecule has 20 heavy (non-hydrogen) atoms. The van der Waals surface area contributed by atoms with Crippen molar-refractivity contribution < 1.29 is 9.90 Å². The highest BCUT2D eigenvalue weighted by Crippen LogP contribution is 2.48. The molecule has 1 heterocycles. The molecule has 102 valence electrons. The zero-order valence-electron chi connectivity index (χ0n) is 11.4. The number of benzene rings is 2. The Balaban J connectivity index is 2.21. The molecule has 2 aromatic carbocycles. The summed E-state index contributed by atoms with van der Waals surface area (Å²) in [4.78, 5) is 13.4. The zero-order chi connectivity index (χ0) is 14.2. The van der Waals surface area contributed by atoms with Crippen LogP contribution in [0.1, 0.15) is 30.5 Å². The molecule has 0 radical (unpaired) electrons. The first kappa shape index (κ1) is 12.9. The second kappa shape index (κ2) is 4.76. The van der Waals surface area contributed by atoms with E-state index in [4.69, 9.17) is 0 Å². The lowest BCUT2D eigenvalue weighted by atomic mass is 9.98. The van der Waals surface area contributed by atoms with Crippen LogP contribution in [0.4, 0.5) is 5.69 Å². The number of anilines is 1. The smallest absolute Gasteiger partial charge is 0.165 e. The molecular weight excluding hydrogens is 250 g/mol. The SMILES string of the molecule is CCC1(O)c2ccccc2C(C=O)N1c1ccccc1. The van der Waals surface area contributed by atoms with Crippen molar-refractivity contribution in [2.24, 2.45) is 0 Å². The van der Waals surface area contributed by atoms with Crippen LogP contribution in [0.25, 0.3) is 0 Å². The number of aldehydes is 1. The summed E-state index contributed by atoms with van der Waals surface area (Å²) >= 11 is 0. The van der Waals surface area contributed by atoms with Crippen LogP contribution in [0.2, 0.25) is 0 Å². The number of para-hydroxylation sites is 1. The molecule has 3 rings (SSSR count). The molecular formula is C17H17NO2. The standard InChI is InChI=1S/C17H17NO2/c1-2-17(20)15-11-7-6-10-14(15)16(12-19)18(17)13-8-4-3-5-9-13/h3-12,16,20H,2H2,1H3. The summed E-state index contributed by atoms with van der Waals surface area (Å²) in [5.41, 5.74) is 1.42. The molecule has 3 nitrogen and oxygen atoms in total. The van der Waals surface area contributed by atoms with Gasteiger partial charge in [-0.2, -0.15) is 0 Å². The molecule has 0 spiro atoms. The molecule has 2 unspecified atom stereocenters. The summed E-state index contributed by atoms with van der Waals surface area (Å²) in [6.07, 6.45) is 1.42. The molecule has 1 aliphatic rings. The molecule has 2 aromatic rings. The van der Waals surface area contributed by atoms with Gasteiger partial charge in [0, 0.05) is 11.3 Å². The summed E-state index contributed by atoms with van der Waals surface area (Å²) < 4.78 is 0. The van der Waals surface area contributed by atoms with Crippen molar-refractivity contribution in [1.29, 1.82) is 0 Å². The van der Waals surface area contributed by atoms with E-state index >= 15 is 0 Å². The Kier molecular flexibility index (Phi) is 3.07. The van der Waals surface area contributed by atoms with Gasteiger partial charge in [-0.3, -0.25) is 0 Å². The Morgan fingerprint density at radius 1 is 1.15 bits per heavy atom. The summed E-state index contributed by atoms with van der Waals surface area (Å²) in [6.45, 7) is 1.93. The Morgan fingerprint density at radius 2 is 1.80 bits per heavy atom. The maximum atomic E-state index is 11.6. The van der Waals surface area contributed by atoms with E-state index in [1.807, 2.05) is 66.4 Å². The lowest BCUT2D eigenvalue weighted by Crippen LogP contribution is -2.42. The Hall–Kier alpha value is -2.13. The minimum atomic E-state index is -1.14. The molecule has 0 saturated carbocycles. The van der Waals surface area contributed by atoms with Crippen LogP contribution in [-0.4, -0.2) is 11.4 Å². The summed E-state index contributed by atoms with van der Waals surface area (Å²) in [7, 11) is 0. The van der Waals surface area contributed by atoms with Gasteiger partial charge in [-0.05, 0) is 24.1 Å². The number of hydrogen-bond donors (Lipinski definition) is 1. The van der Waals surface area contributed by atoms with Crippen molar-refractivity contribution in [3.8, 4) is 0 Å². The van der Waals surface area contributed by atoms with Gasteiger partial charge in [0.15, 0.2) is 5.72 Å². The van der Waals surface area contributed by atoms with Gasteiger partial charge in [0.25, 0.3) is 0 Å². The highest BCUT2D eigenvalue weighted by atomic mass is 16.3. The fourth-order valence-electron chi connectivity index (χ4n) is 3.08. The fourth-order valence-corrected chi connectivity index (χ4v) is 3.08. The summed E-state index contributed by atoms with van der Waals surface area (Å²) in [5.74, 6) is 0. The second-order valence-electron chi connectivity index (χ2n) is 5.04. The normalized spacial score (nSPS) is 24.5. The highest BCUT2D eigenvalue weighted by molar-refractivity contribution is 5.75. The topological polar surface area (TPSA) is 40.5 Å². The van der Waals surface area contributed by atoms with Crippen molar-refractivity contribution in [1.82, 2.24) is 0 Å². The molecule has 0 bridgehead atoms. The van der Waals surface area contributed by atoms with Crippen LogP contribution in [-0.2, 0) is 10.5 Å². The predicted molar refractivity (Wildman–Crippen MR) is 78.4 cm³/mol. The van der Waals surface area contributed by atoms with E-state index in [1.165, 1.54) is 0 Å². The van der Waals surface area contributed by atoms with Gasteiger partial charge in [0.1, 0.15) is 12.3 Å². The average molecular weight is 267 g/mol. The first-order chi connectivity index (χ1) is 9.72. The van der Waals surface area contributed by atoms with Crippen LogP contribution >= 0.6 is 0 Å². The van der Waals surface area contributed by atoms with Gasteiger partial charge in [-0.15, -0.1) is 0 Å². The largest absolute Gasteiger partial charge is 0.367 e. The Bertz CT molecular complexity index is 626. The molecule has 0 aromatic heterocycles. The monoisotopic (exact) mass is 267 g/mol. The van der Waals surface area contributed by atoms with Crippen LogP contribution in [0, 0.1) is 0 Å². The average Bonchev–Trinajstić information content (AvgIpc) is 2.78. The van der Waals surface area contributed by atoms with E-state index in [2.05, 4.69) is 0 Å². The van der Waals surface area contributed by atoms with E-state index in [-0.39, 0.29) is 0 Å². The van der Waals surface area contributed by atoms with Crippen molar-refractivity contribution in [2.45, 2.75) is 25.1 Å². The molecule has 2 atom stereocenters. The van der Waals surface area contributed by atoms with Crippen LogP contribution in [0.5, 0.6) is 0 Å². The van der Waals surface area contributed by atoms with E-state index in [0.29, 0.717) is 6.42 Å². The zero-order valence-corrected chi connectivity index (χ0v) is 11.4. The minimum Gasteiger partial charge on any atom is -0.367 e. The van der Waals surface area contributed by atoms with Gasteiger partial charge in [-0.25, -0.2) is 0 Å². The lowest BCUT2D eigenvalue weighted by Gasteiger charge is -2.37. The van der Waals surface area contributed by atoms with E-state index in [9.17, 15) is 9.90 Å². The lowest BCUT2D eigenvalue weighted by molar-refractivity contribution is -0.109. The maximum Gasteiger partial charge on any atom is 0.165 e. The number of carbonyl (C=O) groups is 1. The van der Waals surface area contributed by atoms with Gasteiger partial charge >= 0.3 is 0 Å². The maximum absolute atomic E-state index is 11.6. The van der Waals surface area contributed by atoms with Crippen LogP contribution < -0.4 is 4.90 Å². The predicted octanol–water partition coefficient (Wildman–Crippen LogP) is 3.00. The molecule has 0 amide bonds. The third-order valence-corrected chi connectivity index (χ3v) is 4.04. The number of rotatable bonds is 3. The molecule has 0 fully saturated rings. The summed E-state index contributed by atoms with van der Waals surface area (Å²) in [6, 6.07) is 16.8. The van der Waals surface area contributed by atoms with E-state index in [0.717, 1.165) is 23.1 Å². The Morgan fingerprint density at radius 3 is 2.45 bits per heavy atom. The number of aliphatic hydroxyl groups is 1. The van der Waals surface area contributed by atoms with Crippen molar-refractivity contribution in [2.75, 3.05) is 4.90 Å². The third-order valence-electron chi connectivity index (χ3n) is 4.04. The highest BCUT2D eigenvalue weighted by Gasteiger charge is 2.47. The summed E-state index contributed by atoms with van der Waals surface area (Å²) in [5, 5.41) is 11.1. The molecule has 0 saturated heterocycles. The number of fused-ring (bicyclic) bond motifs is 1. The van der Waals surface area contributed by atoms with Crippen LogP contribution in [0.3, 0.4) is 0 Å². The molecule has 1 N–H and O–H groups in total. The van der Waals surface area contributed by atoms with Crippen molar-refractivity contribution in [3.05, 3.63) is 65.7 Å². The first-order valence-corrected chi connectivity index (χ1v) is 6.84. The van der Waals surface area contributed by atoms with E-state index < -0.39 is 11.8 Å². The number of carbonyl (C=O) groups excluding carboxylic acids is 1. The number of nitrogens with zero attached hydrogens (tertiary/aromatic N) is 1. The quantitative estimate of drug-likeness (QED) is 0.869. The minimum absolute atomic E-state index is 0.446. The van der Waals surface area contributed by atoms with Gasteiger partial charge in [-0.1, -0.05) is 49.4 Å². The fraction of sp³-hybridized carbons (Fsp3) is 0.235. The van der Waals surface area contributed by atoms with Gasteiger partial charge in [0.2, 0.25) is 0 Å².